The molecule has 1 aromatic carbocycles. The predicted octanol–water partition coefficient (Wildman–Crippen LogP) is 2.91. The molecular weight excluding hydrogens is 681 g/mol. The van der Waals surface area contributed by atoms with E-state index in [1.54, 1.807) is 28.8 Å². The summed E-state index contributed by atoms with van der Waals surface area (Å²) in [6, 6.07) is 5.46. The predicted molar refractivity (Wildman–Crippen MR) is 171 cm³/mol. The molecule has 0 radical (unpaired) electrons. The van der Waals surface area contributed by atoms with Crippen molar-refractivity contribution in [1.82, 2.24) is 29.1 Å². The molecule has 2 fully saturated rings. The first kappa shape index (κ1) is 34.9. The van der Waals surface area contributed by atoms with E-state index in [1.807, 2.05) is 0 Å². The zero-order valence-corrected chi connectivity index (χ0v) is 27.6. The zero-order chi connectivity index (χ0) is 35.4. The standard InChI is InChI=1S/C29H32N9O11P/c1-16-10-37(29(42)34-27(16)40)24-9-21(35-36-30)22(49-24)13-46-50(43,44-11-18-3-5-19(6-4-18)47-17(2)39)45-12-20-7-8-23(48-20)38-15-33-25-26(38)31-14-32-28(25)41/h3-6,10,14-15,20-24H,7-9,11-13H2,1-2H3,(H,31,32,41)(H,34,40,42)/t20-,21-,22+,23+,24+,50?/m0/s1. The molecule has 0 spiro atoms. The lowest BCUT2D eigenvalue weighted by Crippen LogP contribution is -2.33. The third-order valence-corrected chi connectivity index (χ3v) is 9.39. The minimum atomic E-state index is -4.38. The van der Waals surface area contributed by atoms with Gasteiger partial charge in [0.15, 0.2) is 11.2 Å². The largest absolute Gasteiger partial charge is 0.475 e. The fourth-order valence-electron chi connectivity index (χ4n) is 5.54. The Balaban J connectivity index is 1.15. The van der Waals surface area contributed by atoms with Gasteiger partial charge in [-0.15, -0.1) is 0 Å². The number of H-pyrrole nitrogens is 2. The quantitative estimate of drug-likeness (QED) is 0.0505. The maximum Gasteiger partial charge on any atom is 0.475 e. The average molecular weight is 714 g/mol. The molecule has 5 heterocycles. The van der Waals surface area contributed by atoms with Crippen LogP contribution in [0.4, 0.5) is 0 Å². The van der Waals surface area contributed by atoms with Crippen molar-refractivity contribution in [3.05, 3.63) is 95.9 Å². The smallest absolute Gasteiger partial charge is 0.427 e. The molecule has 3 aromatic heterocycles. The van der Waals surface area contributed by atoms with Gasteiger partial charge in [0.25, 0.3) is 11.1 Å². The highest BCUT2D eigenvalue weighted by molar-refractivity contribution is 7.48. The van der Waals surface area contributed by atoms with Crippen molar-refractivity contribution in [1.29, 1.82) is 0 Å². The molecule has 50 heavy (non-hydrogen) atoms. The van der Waals surface area contributed by atoms with Gasteiger partial charge in [0, 0.05) is 30.0 Å². The van der Waals surface area contributed by atoms with Gasteiger partial charge in [-0.1, -0.05) is 17.2 Å². The van der Waals surface area contributed by atoms with E-state index in [4.69, 9.17) is 27.8 Å². The summed E-state index contributed by atoms with van der Waals surface area (Å²) in [5.41, 5.74) is 8.87. The van der Waals surface area contributed by atoms with Crippen LogP contribution < -0.4 is 21.5 Å². The number of phosphoric ester groups is 1. The Hall–Kier alpha value is -4.94. The maximum atomic E-state index is 14.1. The van der Waals surface area contributed by atoms with Gasteiger partial charge < -0.3 is 19.2 Å². The van der Waals surface area contributed by atoms with E-state index in [0.29, 0.717) is 29.8 Å². The van der Waals surface area contributed by atoms with Gasteiger partial charge in [0.1, 0.15) is 18.2 Å². The summed E-state index contributed by atoms with van der Waals surface area (Å²) in [6.07, 6.45) is 2.16. The van der Waals surface area contributed by atoms with Crippen LogP contribution >= 0.6 is 7.82 Å². The number of nitrogens with zero attached hydrogens (tertiary/aromatic N) is 7. The third kappa shape index (κ3) is 7.92. The lowest BCUT2D eigenvalue weighted by atomic mass is 10.1. The second-order valence-electron chi connectivity index (χ2n) is 11.5. The second-order valence-corrected chi connectivity index (χ2v) is 13.2. The van der Waals surface area contributed by atoms with Crippen molar-refractivity contribution >= 4 is 25.0 Å². The van der Waals surface area contributed by atoms with Crippen LogP contribution in [0.15, 0.2) is 62.6 Å². The summed E-state index contributed by atoms with van der Waals surface area (Å²) in [5.74, 6) is -0.178. The molecular formula is C29H32N9O11P. The number of hydrogen-bond acceptors (Lipinski definition) is 14. The van der Waals surface area contributed by atoms with E-state index in [1.165, 1.54) is 37.3 Å². The number of phosphoric acid groups is 1. The molecule has 264 valence electrons. The Morgan fingerprint density at radius 1 is 1.06 bits per heavy atom. The Bertz CT molecular complexity index is 2140. The van der Waals surface area contributed by atoms with Crippen molar-refractivity contribution < 1.29 is 37.1 Å². The van der Waals surface area contributed by atoms with Crippen molar-refractivity contribution in [3.63, 3.8) is 0 Å². The molecule has 1 unspecified atom stereocenters. The molecule has 0 bridgehead atoms. The number of azide groups is 1. The summed E-state index contributed by atoms with van der Waals surface area (Å²) < 4.78 is 51.2. The Morgan fingerprint density at radius 3 is 2.60 bits per heavy atom. The van der Waals surface area contributed by atoms with Crippen LogP contribution in [0.3, 0.4) is 0 Å². The number of ether oxygens (including phenoxy) is 3. The molecule has 0 saturated carbocycles. The Kier molecular flexibility index (Phi) is 10.4. The molecule has 6 rings (SSSR count). The number of aromatic amines is 2. The highest BCUT2D eigenvalue weighted by Gasteiger charge is 2.40. The molecule has 2 aliphatic heterocycles. The first-order valence-electron chi connectivity index (χ1n) is 15.4. The van der Waals surface area contributed by atoms with Gasteiger partial charge in [0.2, 0.25) is 0 Å². The summed E-state index contributed by atoms with van der Waals surface area (Å²) in [7, 11) is -4.38. The summed E-state index contributed by atoms with van der Waals surface area (Å²) in [4.78, 5) is 63.6. The number of aryl methyl sites for hydroxylation is 1. The van der Waals surface area contributed by atoms with E-state index in [9.17, 15) is 29.3 Å². The molecule has 0 amide bonds. The minimum Gasteiger partial charge on any atom is -0.427 e. The zero-order valence-electron chi connectivity index (χ0n) is 26.7. The van der Waals surface area contributed by atoms with E-state index in [-0.39, 0.29) is 36.3 Å². The molecule has 21 heteroatoms. The topological polar surface area (TPSA) is 257 Å². The van der Waals surface area contributed by atoms with Crippen LogP contribution in [0.1, 0.15) is 49.8 Å². The summed E-state index contributed by atoms with van der Waals surface area (Å²) in [5, 5.41) is 3.77. The number of benzene rings is 1. The Morgan fingerprint density at radius 2 is 1.84 bits per heavy atom. The highest BCUT2D eigenvalue weighted by atomic mass is 31.2. The number of imidazole rings is 1. The molecule has 2 N–H and O–H groups in total. The van der Waals surface area contributed by atoms with Crippen molar-refractivity contribution in [2.24, 2.45) is 5.11 Å². The first-order valence-corrected chi connectivity index (χ1v) is 16.9. The van der Waals surface area contributed by atoms with E-state index < -0.39 is 62.4 Å². The lowest BCUT2D eigenvalue weighted by molar-refractivity contribution is -0.131. The summed E-state index contributed by atoms with van der Waals surface area (Å²) in [6.45, 7) is 1.94. The first-order chi connectivity index (χ1) is 24.0. The van der Waals surface area contributed by atoms with Crippen molar-refractivity contribution in [2.45, 2.75) is 70.4 Å². The van der Waals surface area contributed by atoms with Gasteiger partial charge in [0.05, 0.1) is 50.7 Å². The third-order valence-electron chi connectivity index (χ3n) is 8.01. The molecule has 6 atom stereocenters. The second kappa shape index (κ2) is 14.9. The van der Waals surface area contributed by atoms with Crippen LogP contribution in [-0.2, 0) is 39.0 Å². The number of carbonyl (C=O) groups excluding carboxylic acids is 1. The van der Waals surface area contributed by atoms with Gasteiger partial charge in [-0.25, -0.2) is 19.3 Å². The molecule has 2 aliphatic rings. The number of carbonyl (C=O) groups is 1. The Labute approximate surface area is 281 Å². The number of aromatic nitrogens is 6. The maximum absolute atomic E-state index is 14.1. The van der Waals surface area contributed by atoms with E-state index in [0.717, 1.165) is 0 Å². The molecule has 0 aliphatic carbocycles. The number of nitrogens with one attached hydrogen (secondary N) is 2. The minimum absolute atomic E-state index is 0.0607. The van der Waals surface area contributed by atoms with Crippen LogP contribution in [-0.4, -0.2) is 66.5 Å². The molecule has 4 aromatic rings. The monoisotopic (exact) mass is 713 g/mol. The van der Waals surface area contributed by atoms with Crippen LogP contribution in [0.5, 0.6) is 5.75 Å². The molecule has 2 saturated heterocycles. The number of hydrogen-bond donors (Lipinski definition) is 2. The van der Waals surface area contributed by atoms with Crippen LogP contribution in [0.25, 0.3) is 21.6 Å². The number of rotatable bonds is 13. The molecule has 20 nitrogen and oxygen atoms in total. The van der Waals surface area contributed by atoms with E-state index in [2.05, 4.69) is 30.0 Å². The normalized spacial score (nSPS) is 23.0. The van der Waals surface area contributed by atoms with Gasteiger partial charge >= 0.3 is 19.5 Å². The van der Waals surface area contributed by atoms with E-state index >= 15 is 0 Å². The van der Waals surface area contributed by atoms with Crippen molar-refractivity contribution in [2.75, 3.05) is 13.2 Å². The fourth-order valence-corrected chi connectivity index (χ4v) is 6.74. The summed E-state index contributed by atoms with van der Waals surface area (Å²) >= 11 is 0. The number of fused-ring (bicyclic) bond motifs is 1. The van der Waals surface area contributed by atoms with Gasteiger partial charge in [-0.2, -0.15) is 0 Å². The number of esters is 1. The lowest BCUT2D eigenvalue weighted by Gasteiger charge is -2.23. The average Bonchev–Trinajstić information content (AvgIpc) is 3.84. The van der Waals surface area contributed by atoms with Crippen LogP contribution in [0.2, 0.25) is 0 Å². The van der Waals surface area contributed by atoms with Crippen LogP contribution in [0, 0.1) is 6.92 Å². The van der Waals surface area contributed by atoms with Crippen molar-refractivity contribution in [3.8, 4) is 5.75 Å². The van der Waals surface area contributed by atoms with Gasteiger partial charge in [-0.05, 0) is 43.0 Å². The highest BCUT2D eigenvalue weighted by Crippen LogP contribution is 2.51. The SMILES string of the molecule is CC(=O)Oc1ccc(COP(=O)(OC[C@@H]2CC[C@H](n3cnc4c(=O)[nH]cnc43)O2)OC[C@H]2O[C@@H](n3cc(C)c(=O)[nH]c3=O)C[C@@H]2N=[N+]=[N-])cc1. The fraction of sp³-hybridized carbons (Fsp3) is 0.448. The van der Waals surface area contributed by atoms with Gasteiger partial charge in [-0.3, -0.25) is 42.1 Å².